The summed E-state index contributed by atoms with van der Waals surface area (Å²) in [6.07, 6.45) is -1.10. The van der Waals surface area contributed by atoms with Crippen LogP contribution in [0, 0.1) is 0 Å². The lowest BCUT2D eigenvalue weighted by atomic mass is 9.77. The lowest BCUT2D eigenvalue weighted by Gasteiger charge is -2.36. The first-order valence-electron chi connectivity index (χ1n) is 11.3. The van der Waals surface area contributed by atoms with Crippen molar-refractivity contribution < 1.29 is 43.7 Å². The summed E-state index contributed by atoms with van der Waals surface area (Å²) in [4.78, 5) is 53.8. The van der Waals surface area contributed by atoms with Crippen molar-refractivity contribution in [1.29, 1.82) is 0 Å². The Labute approximate surface area is 208 Å². The molecule has 1 saturated heterocycles. The first-order valence-corrected chi connectivity index (χ1v) is 11.3. The first-order chi connectivity index (χ1) is 17.8. The number of nitrogens with one attached hydrogen (secondary N) is 1. The summed E-state index contributed by atoms with van der Waals surface area (Å²) in [6.45, 7) is -0.162. The fourth-order valence-electron chi connectivity index (χ4n) is 4.90. The average Bonchev–Trinajstić information content (AvgIpc) is 3.34. The number of hydrogen-bond acceptors (Lipinski definition) is 9. The molecule has 1 spiro atoms. The van der Waals surface area contributed by atoms with E-state index in [2.05, 4.69) is 5.32 Å². The summed E-state index contributed by atoms with van der Waals surface area (Å²) in [5.41, 5.74) is 0.565. The van der Waals surface area contributed by atoms with E-state index in [1.807, 2.05) is 0 Å². The molecular weight excluding hydrogens is 484 g/mol. The zero-order valence-electron chi connectivity index (χ0n) is 19.0. The number of hydrogen-bond donors (Lipinski definition) is 3. The maximum atomic E-state index is 13.3. The lowest BCUT2D eigenvalue weighted by molar-refractivity contribution is -0.171. The van der Waals surface area contributed by atoms with Gasteiger partial charge in [-0.05, 0) is 29.8 Å². The van der Waals surface area contributed by atoms with E-state index < -0.39 is 29.5 Å². The zero-order valence-corrected chi connectivity index (χ0v) is 19.0. The van der Waals surface area contributed by atoms with Crippen LogP contribution < -0.4 is 10.1 Å². The number of nitrogens with zero attached hydrogens (tertiary/aromatic N) is 1. The Hall–Kier alpha value is -5.06. The highest BCUT2D eigenvalue weighted by atomic mass is 16.7. The van der Waals surface area contributed by atoms with Crippen LogP contribution in [0.15, 0.2) is 54.6 Å². The fraction of sp³-hybridized carbons (Fsp3) is 0.154. The Morgan fingerprint density at radius 3 is 2.16 bits per heavy atom. The number of fused-ring (bicyclic) bond motifs is 6. The molecule has 1 fully saturated rings. The lowest BCUT2D eigenvalue weighted by Crippen LogP contribution is -2.36. The maximum Gasteiger partial charge on any atom is 0.432 e. The SMILES string of the molecule is O=C(NCc1cccc2c1C(=O)OC21c2ccc(O)cc2Oc2cc(O)ccc21)ON1C(=O)CCC1=O. The van der Waals surface area contributed by atoms with Crippen LogP contribution in [0.1, 0.15) is 45.5 Å². The number of imide groups is 1. The third-order valence-corrected chi connectivity index (χ3v) is 6.49. The van der Waals surface area contributed by atoms with Crippen molar-refractivity contribution >= 4 is 23.9 Å². The second-order valence-corrected chi connectivity index (χ2v) is 8.69. The molecule has 6 rings (SSSR count). The van der Waals surface area contributed by atoms with E-state index in [1.165, 1.54) is 24.3 Å². The minimum absolute atomic E-state index is 0.0333. The van der Waals surface area contributed by atoms with Crippen molar-refractivity contribution in [1.82, 2.24) is 10.4 Å². The number of phenols is 2. The topological polar surface area (TPSA) is 152 Å². The molecule has 0 atom stereocenters. The zero-order chi connectivity index (χ0) is 25.9. The van der Waals surface area contributed by atoms with Gasteiger partial charge in [-0.25, -0.2) is 9.59 Å². The van der Waals surface area contributed by atoms with Gasteiger partial charge in [0.15, 0.2) is 5.60 Å². The summed E-state index contributed by atoms with van der Waals surface area (Å²) < 4.78 is 12.0. The highest BCUT2D eigenvalue weighted by molar-refractivity contribution is 6.01. The Kier molecular flexibility index (Phi) is 4.83. The molecule has 37 heavy (non-hydrogen) atoms. The molecule has 0 aromatic heterocycles. The van der Waals surface area contributed by atoms with Crippen molar-refractivity contribution in [3.8, 4) is 23.0 Å². The van der Waals surface area contributed by atoms with E-state index in [9.17, 15) is 29.4 Å². The first kappa shape index (κ1) is 22.4. The summed E-state index contributed by atoms with van der Waals surface area (Å²) in [5.74, 6) is -1.52. The maximum absolute atomic E-state index is 13.3. The van der Waals surface area contributed by atoms with Gasteiger partial charge < -0.3 is 29.8 Å². The second-order valence-electron chi connectivity index (χ2n) is 8.69. The molecule has 3 aromatic carbocycles. The number of aromatic hydroxyl groups is 2. The molecule has 3 amide bonds. The molecule has 0 saturated carbocycles. The van der Waals surface area contributed by atoms with Crippen molar-refractivity contribution in [2.75, 3.05) is 0 Å². The number of ether oxygens (including phenoxy) is 2. The van der Waals surface area contributed by atoms with E-state index in [1.54, 1.807) is 30.3 Å². The van der Waals surface area contributed by atoms with Crippen LogP contribution in [-0.4, -0.2) is 39.2 Å². The third-order valence-electron chi connectivity index (χ3n) is 6.49. The van der Waals surface area contributed by atoms with Crippen molar-refractivity contribution in [2.45, 2.75) is 25.0 Å². The molecule has 0 radical (unpaired) electrons. The third kappa shape index (κ3) is 3.35. The number of carbonyl (C=O) groups is 4. The molecular formula is C26H18N2O9. The minimum atomic E-state index is -1.44. The van der Waals surface area contributed by atoms with Gasteiger partial charge in [0.1, 0.15) is 23.0 Å². The summed E-state index contributed by atoms with van der Waals surface area (Å²) in [7, 11) is 0. The van der Waals surface area contributed by atoms with Crippen molar-refractivity contribution in [2.24, 2.45) is 0 Å². The molecule has 3 N–H and O–H groups in total. The number of phenolic OH excluding ortho intramolecular Hbond substituents is 2. The normalized spacial score (nSPS) is 16.5. The second kappa shape index (κ2) is 7.98. The van der Waals surface area contributed by atoms with Crippen LogP contribution in [0.3, 0.4) is 0 Å². The van der Waals surface area contributed by atoms with E-state index in [0.717, 1.165) is 0 Å². The quantitative estimate of drug-likeness (QED) is 0.363. The van der Waals surface area contributed by atoms with Gasteiger partial charge in [0.2, 0.25) is 0 Å². The van der Waals surface area contributed by atoms with Gasteiger partial charge in [-0.3, -0.25) is 9.59 Å². The molecule has 0 bridgehead atoms. The number of esters is 1. The van der Waals surface area contributed by atoms with Crippen LogP contribution in [-0.2, 0) is 31.3 Å². The fourth-order valence-corrected chi connectivity index (χ4v) is 4.90. The summed E-state index contributed by atoms with van der Waals surface area (Å²) in [6, 6.07) is 13.9. The van der Waals surface area contributed by atoms with Crippen LogP contribution in [0.2, 0.25) is 0 Å². The largest absolute Gasteiger partial charge is 0.508 e. The van der Waals surface area contributed by atoms with Crippen LogP contribution in [0.4, 0.5) is 4.79 Å². The van der Waals surface area contributed by atoms with Gasteiger partial charge in [-0.2, -0.15) is 0 Å². The molecule has 0 aliphatic carbocycles. The molecule has 3 aliphatic rings. The van der Waals surface area contributed by atoms with Gasteiger partial charge in [0.25, 0.3) is 11.8 Å². The van der Waals surface area contributed by atoms with Crippen LogP contribution >= 0.6 is 0 Å². The van der Waals surface area contributed by atoms with E-state index >= 15 is 0 Å². The monoisotopic (exact) mass is 502 g/mol. The standard InChI is InChI=1S/C26H18N2O9/c29-14-4-6-16-19(10-14)35-20-11-15(30)5-7-17(20)26(16)18-3-1-2-13(23(18)24(33)36-26)12-27-25(34)37-28-21(31)8-9-22(28)32/h1-7,10-11,29-30H,8-9,12H2,(H,27,34). The minimum Gasteiger partial charge on any atom is -0.508 e. The Bertz CT molecular complexity index is 1460. The highest BCUT2D eigenvalue weighted by Gasteiger charge is 2.54. The van der Waals surface area contributed by atoms with E-state index in [-0.39, 0.29) is 47.9 Å². The molecule has 11 nitrogen and oxygen atoms in total. The van der Waals surface area contributed by atoms with Crippen molar-refractivity contribution in [3.63, 3.8) is 0 Å². The summed E-state index contributed by atoms with van der Waals surface area (Å²) >= 11 is 0. The molecule has 3 aromatic rings. The number of benzene rings is 3. The Balaban J connectivity index is 1.39. The number of carbonyl (C=O) groups excluding carboxylic acids is 4. The number of rotatable bonds is 3. The predicted octanol–water partition coefficient (Wildman–Crippen LogP) is 2.96. The molecule has 0 unspecified atom stereocenters. The Morgan fingerprint density at radius 1 is 0.919 bits per heavy atom. The number of amides is 3. The molecule has 3 heterocycles. The van der Waals surface area contributed by atoms with Gasteiger partial charge >= 0.3 is 12.1 Å². The average molecular weight is 502 g/mol. The predicted molar refractivity (Wildman–Crippen MR) is 122 cm³/mol. The van der Waals surface area contributed by atoms with Gasteiger partial charge in [0, 0.05) is 48.2 Å². The smallest absolute Gasteiger partial charge is 0.432 e. The van der Waals surface area contributed by atoms with E-state index in [0.29, 0.717) is 27.3 Å². The van der Waals surface area contributed by atoms with E-state index in [4.69, 9.17) is 14.3 Å². The Morgan fingerprint density at radius 2 is 1.54 bits per heavy atom. The van der Waals surface area contributed by atoms with Crippen LogP contribution in [0.5, 0.6) is 23.0 Å². The van der Waals surface area contributed by atoms with Gasteiger partial charge in [0.05, 0.1) is 5.56 Å². The summed E-state index contributed by atoms with van der Waals surface area (Å²) in [5, 5.41) is 23.0. The molecule has 11 heteroatoms. The van der Waals surface area contributed by atoms with Gasteiger partial charge in [-0.15, -0.1) is 5.06 Å². The van der Waals surface area contributed by atoms with Crippen molar-refractivity contribution in [3.05, 3.63) is 82.4 Å². The highest BCUT2D eigenvalue weighted by Crippen LogP contribution is 2.57. The van der Waals surface area contributed by atoms with Gasteiger partial charge in [-0.1, -0.05) is 18.2 Å². The van der Waals surface area contributed by atoms with Crippen LogP contribution in [0.25, 0.3) is 0 Å². The molecule has 186 valence electrons. The number of hydroxylamine groups is 2. The molecule has 3 aliphatic heterocycles.